The lowest BCUT2D eigenvalue weighted by molar-refractivity contribution is 0.159. The second-order valence-electron chi connectivity index (χ2n) is 5.75. The molecule has 1 aliphatic carbocycles. The number of urea groups is 1. The van der Waals surface area contributed by atoms with Crippen LogP contribution < -0.4 is 10.1 Å². The normalized spacial score (nSPS) is 16.8. The standard InChI is InChI=1S/C17H26N2O3/c1-19(9-10-21-2)17(20)18-12-14-6-4-5-13-11-15(22-3)7-8-16(13)14/h7-8,11,14H,4-6,9-10,12H2,1-3H3,(H,18,20)/t14-/m0/s1. The molecule has 0 aromatic heterocycles. The number of fused-ring (bicyclic) bond motifs is 1. The van der Waals surface area contributed by atoms with Crippen LogP contribution >= 0.6 is 0 Å². The second kappa shape index (κ2) is 8.03. The van der Waals surface area contributed by atoms with Crippen LogP contribution in [-0.2, 0) is 11.2 Å². The lowest BCUT2D eigenvalue weighted by Gasteiger charge is -2.27. The Hall–Kier alpha value is -1.75. The fourth-order valence-electron chi connectivity index (χ4n) is 2.91. The number of hydrogen-bond acceptors (Lipinski definition) is 3. The van der Waals surface area contributed by atoms with E-state index in [0.717, 1.165) is 25.0 Å². The Kier molecular flexibility index (Phi) is 6.07. The lowest BCUT2D eigenvalue weighted by atomic mass is 9.82. The molecule has 122 valence electrons. The highest BCUT2D eigenvalue weighted by atomic mass is 16.5. The third kappa shape index (κ3) is 4.13. The van der Waals surface area contributed by atoms with Crippen molar-refractivity contribution < 1.29 is 14.3 Å². The molecule has 0 fully saturated rings. The molecule has 0 bridgehead atoms. The van der Waals surface area contributed by atoms with Gasteiger partial charge in [-0.25, -0.2) is 4.79 Å². The third-order valence-electron chi connectivity index (χ3n) is 4.27. The minimum atomic E-state index is -0.0438. The first kappa shape index (κ1) is 16.6. The number of carbonyl (C=O) groups is 1. The van der Waals surface area contributed by atoms with Crippen molar-refractivity contribution in [2.45, 2.75) is 25.2 Å². The van der Waals surface area contributed by atoms with Gasteiger partial charge >= 0.3 is 6.03 Å². The van der Waals surface area contributed by atoms with Gasteiger partial charge in [-0.2, -0.15) is 0 Å². The van der Waals surface area contributed by atoms with E-state index in [0.29, 0.717) is 25.6 Å². The Morgan fingerprint density at radius 1 is 1.41 bits per heavy atom. The molecule has 2 rings (SSSR count). The second-order valence-corrected chi connectivity index (χ2v) is 5.75. The van der Waals surface area contributed by atoms with Crippen LogP contribution in [0.15, 0.2) is 18.2 Å². The smallest absolute Gasteiger partial charge is 0.317 e. The van der Waals surface area contributed by atoms with Crippen LogP contribution in [0.2, 0.25) is 0 Å². The van der Waals surface area contributed by atoms with Crippen molar-refractivity contribution >= 4 is 6.03 Å². The minimum Gasteiger partial charge on any atom is -0.497 e. The number of benzene rings is 1. The van der Waals surface area contributed by atoms with E-state index < -0.39 is 0 Å². The number of amides is 2. The summed E-state index contributed by atoms with van der Waals surface area (Å²) in [4.78, 5) is 13.7. The number of nitrogens with one attached hydrogen (secondary N) is 1. The maximum atomic E-state index is 12.0. The molecule has 0 spiro atoms. The monoisotopic (exact) mass is 306 g/mol. The van der Waals surface area contributed by atoms with Crippen LogP contribution in [-0.4, -0.2) is 51.9 Å². The maximum Gasteiger partial charge on any atom is 0.317 e. The van der Waals surface area contributed by atoms with Crippen molar-refractivity contribution in [2.24, 2.45) is 0 Å². The van der Waals surface area contributed by atoms with E-state index in [-0.39, 0.29) is 6.03 Å². The highest BCUT2D eigenvalue weighted by Gasteiger charge is 2.21. The number of carbonyl (C=O) groups excluding carboxylic acids is 1. The maximum absolute atomic E-state index is 12.0. The Labute approximate surface area is 132 Å². The lowest BCUT2D eigenvalue weighted by Crippen LogP contribution is -2.41. The molecule has 1 N–H and O–H groups in total. The van der Waals surface area contributed by atoms with E-state index in [1.54, 1.807) is 26.2 Å². The molecule has 0 aliphatic heterocycles. The van der Waals surface area contributed by atoms with Crippen LogP contribution in [0.25, 0.3) is 0 Å². The Morgan fingerprint density at radius 2 is 2.23 bits per heavy atom. The van der Waals surface area contributed by atoms with E-state index in [2.05, 4.69) is 17.4 Å². The fourth-order valence-corrected chi connectivity index (χ4v) is 2.91. The predicted molar refractivity (Wildman–Crippen MR) is 86.6 cm³/mol. The first-order valence-electron chi connectivity index (χ1n) is 7.80. The topological polar surface area (TPSA) is 50.8 Å². The molecule has 1 aliphatic rings. The van der Waals surface area contributed by atoms with Gasteiger partial charge in [0.05, 0.1) is 13.7 Å². The molecule has 1 aromatic rings. The largest absolute Gasteiger partial charge is 0.497 e. The Bertz CT molecular complexity index is 505. The average Bonchev–Trinajstić information content (AvgIpc) is 2.56. The van der Waals surface area contributed by atoms with Crippen molar-refractivity contribution in [3.63, 3.8) is 0 Å². The van der Waals surface area contributed by atoms with Crippen molar-refractivity contribution in [3.05, 3.63) is 29.3 Å². The predicted octanol–water partition coefficient (Wildman–Crippen LogP) is 2.40. The molecule has 2 amide bonds. The van der Waals surface area contributed by atoms with Gasteiger partial charge in [-0.15, -0.1) is 0 Å². The number of rotatable bonds is 6. The first-order chi connectivity index (χ1) is 10.7. The first-order valence-corrected chi connectivity index (χ1v) is 7.80. The highest BCUT2D eigenvalue weighted by molar-refractivity contribution is 5.73. The number of methoxy groups -OCH3 is 2. The number of nitrogens with zero attached hydrogens (tertiary/aromatic N) is 1. The van der Waals surface area contributed by atoms with Gasteiger partial charge in [0.1, 0.15) is 5.75 Å². The zero-order chi connectivity index (χ0) is 15.9. The molecular weight excluding hydrogens is 280 g/mol. The van der Waals surface area contributed by atoms with Crippen LogP contribution in [0.3, 0.4) is 0 Å². The number of likely N-dealkylation sites (N-methyl/N-ethyl adjacent to an activating group) is 1. The van der Waals surface area contributed by atoms with Crippen LogP contribution in [0.4, 0.5) is 4.79 Å². The summed E-state index contributed by atoms with van der Waals surface area (Å²) in [6.07, 6.45) is 3.35. The highest BCUT2D eigenvalue weighted by Crippen LogP contribution is 2.33. The van der Waals surface area contributed by atoms with Crippen molar-refractivity contribution in [1.29, 1.82) is 0 Å². The molecule has 0 unspecified atom stereocenters. The van der Waals surface area contributed by atoms with Gasteiger partial charge in [-0.1, -0.05) is 6.07 Å². The summed E-state index contributed by atoms with van der Waals surface area (Å²) in [5, 5.41) is 3.03. The van der Waals surface area contributed by atoms with Crippen LogP contribution in [0, 0.1) is 0 Å². The van der Waals surface area contributed by atoms with Crippen LogP contribution in [0.5, 0.6) is 5.75 Å². The summed E-state index contributed by atoms with van der Waals surface area (Å²) in [5.74, 6) is 1.29. The van der Waals surface area contributed by atoms with Gasteiger partial charge < -0.3 is 19.7 Å². The number of hydrogen-bond donors (Lipinski definition) is 1. The summed E-state index contributed by atoms with van der Waals surface area (Å²) in [6, 6.07) is 6.22. The quantitative estimate of drug-likeness (QED) is 0.878. The minimum absolute atomic E-state index is 0.0438. The van der Waals surface area contributed by atoms with Crippen molar-refractivity contribution in [1.82, 2.24) is 10.2 Å². The van der Waals surface area contributed by atoms with Crippen molar-refractivity contribution in [3.8, 4) is 5.75 Å². The van der Waals surface area contributed by atoms with Crippen molar-refractivity contribution in [2.75, 3.05) is 41.0 Å². The molecule has 1 atom stereocenters. The zero-order valence-corrected chi connectivity index (χ0v) is 13.7. The van der Waals surface area contributed by atoms with Gasteiger partial charge in [0.2, 0.25) is 0 Å². The van der Waals surface area contributed by atoms with Gasteiger partial charge in [0.15, 0.2) is 0 Å². The van der Waals surface area contributed by atoms with Crippen LogP contribution in [0.1, 0.15) is 29.9 Å². The Balaban J connectivity index is 1.93. The van der Waals surface area contributed by atoms with Gasteiger partial charge in [0.25, 0.3) is 0 Å². The average molecular weight is 306 g/mol. The zero-order valence-electron chi connectivity index (χ0n) is 13.7. The molecule has 5 nitrogen and oxygen atoms in total. The van der Waals surface area contributed by atoms with E-state index in [1.807, 2.05) is 6.07 Å². The van der Waals surface area contributed by atoms with Gasteiger partial charge in [-0.05, 0) is 42.5 Å². The number of ether oxygens (including phenoxy) is 2. The van der Waals surface area contributed by atoms with E-state index in [4.69, 9.17) is 9.47 Å². The molecule has 0 heterocycles. The van der Waals surface area contributed by atoms with E-state index in [9.17, 15) is 4.79 Å². The fraction of sp³-hybridized carbons (Fsp3) is 0.588. The summed E-state index contributed by atoms with van der Waals surface area (Å²) in [6.45, 7) is 1.83. The molecule has 0 saturated heterocycles. The SMILES string of the molecule is COCCN(C)C(=O)NC[C@@H]1CCCc2cc(OC)ccc21. The molecule has 1 aromatic carbocycles. The van der Waals surface area contributed by atoms with E-state index in [1.165, 1.54) is 11.1 Å². The summed E-state index contributed by atoms with van der Waals surface area (Å²) < 4.78 is 10.3. The Morgan fingerprint density at radius 3 is 2.95 bits per heavy atom. The molecule has 5 heteroatoms. The molecular formula is C17H26N2O3. The van der Waals surface area contributed by atoms with E-state index >= 15 is 0 Å². The summed E-state index contributed by atoms with van der Waals surface area (Å²) in [7, 11) is 5.12. The third-order valence-corrected chi connectivity index (χ3v) is 4.27. The molecule has 0 radical (unpaired) electrons. The molecule has 0 saturated carbocycles. The summed E-state index contributed by atoms with van der Waals surface area (Å²) >= 11 is 0. The van der Waals surface area contributed by atoms with Gasteiger partial charge in [-0.3, -0.25) is 0 Å². The molecule has 22 heavy (non-hydrogen) atoms. The van der Waals surface area contributed by atoms with Gasteiger partial charge in [0, 0.05) is 33.2 Å². The summed E-state index contributed by atoms with van der Waals surface area (Å²) in [5.41, 5.74) is 2.68. The number of aryl methyl sites for hydroxylation is 1.